The number of fused-ring (bicyclic) bond motifs is 1. The highest BCUT2D eigenvalue weighted by atomic mass is 16.3. The smallest absolute Gasteiger partial charge is 0.164 e. The Morgan fingerprint density at radius 3 is 1.71 bits per heavy atom. The molecule has 0 spiro atoms. The summed E-state index contributed by atoms with van der Waals surface area (Å²) in [5, 5.41) is 30.7. The van der Waals surface area contributed by atoms with Crippen molar-refractivity contribution in [3.05, 3.63) is 16.7 Å². The van der Waals surface area contributed by atoms with Gasteiger partial charge in [-0.25, -0.2) is 0 Å². The van der Waals surface area contributed by atoms with Crippen LogP contribution in [0.15, 0.2) is 0 Å². The third-order valence-corrected chi connectivity index (χ3v) is 5.37. The molecule has 2 rings (SSSR count). The van der Waals surface area contributed by atoms with Crippen LogP contribution in [0, 0.1) is 0 Å². The summed E-state index contributed by atoms with van der Waals surface area (Å²) in [6.07, 6.45) is 15.8. The predicted octanol–water partition coefficient (Wildman–Crippen LogP) is 5.76. The molecule has 0 atom stereocenters. The molecule has 0 saturated heterocycles. The lowest BCUT2D eigenvalue weighted by Gasteiger charge is -2.14. The minimum atomic E-state index is -0.0934. The highest BCUT2D eigenvalue weighted by Gasteiger charge is 2.25. The van der Waals surface area contributed by atoms with E-state index in [-0.39, 0.29) is 17.2 Å². The molecule has 0 unspecified atom stereocenters. The van der Waals surface area contributed by atoms with Crippen molar-refractivity contribution in [2.75, 3.05) is 0 Å². The molecule has 136 valence electrons. The molecular formula is C21H34O3. The van der Waals surface area contributed by atoms with E-state index < -0.39 is 0 Å². The molecule has 0 saturated carbocycles. The second-order valence-corrected chi connectivity index (χ2v) is 7.27. The van der Waals surface area contributed by atoms with Gasteiger partial charge in [0.15, 0.2) is 11.5 Å². The van der Waals surface area contributed by atoms with Gasteiger partial charge in [-0.05, 0) is 32.1 Å². The van der Waals surface area contributed by atoms with Gasteiger partial charge in [-0.3, -0.25) is 0 Å². The minimum absolute atomic E-state index is 0.00220. The first-order valence-electron chi connectivity index (χ1n) is 9.94. The Kier molecular flexibility index (Phi) is 7.74. The molecule has 24 heavy (non-hydrogen) atoms. The van der Waals surface area contributed by atoms with E-state index in [1.807, 2.05) is 0 Å². The number of phenols is 3. The minimum Gasteiger partial charge on any atom is -0.507 e. The summed E-state index contributed by atoms with van der Waals surface area (Å²) in [5.74, 6) is 0.139. The van der Waals surface area contributed by atoms with Crippen LogP contribution in [0.25, 0.3) is 0 Å². The van der Waals surface area contributed by atoms with E-state index in [2.05, 4.69) is 6.92 Å². The number of hydrogen-bond donors (Lipinski definition) is 3. The summed E-state index contributed by atoms with van der Waals surface area (Å²) >= 11 is 0. The van der Waals surface area contributed by atoms with Gasteiger partial charge < -0.3 is 15.3 Å². The fraction of sp³-hybridized carbons (Fsp3) is 0.714. The standard InChI is InChI=1S/C21H34O3/c1-2-3-4-5-6-7-8-9-10-11-13-18-19(22)16-14-12-15-17(16)20(23)21(18)24/h22-24H,2-15H2,1H3. The highest BCUT2D eigenvalue weighted by molar-refractivity contribution is 5.62. The van der Waals surface area contributed by atoms with Crippen molar-refractivity contribution in [3.8, 4) is 17.2 Å². The third-order valence-electron chi connectivity index (χ3n) is 5.37. The Labute approximate surface area is 146 Å². The van der Waals surface area contributed by atoms with Gasteiger partial charge in [0.25, 0.3) is 0 Å². The van der Waals surface area contributed by atoms with Crippen LogP contribution in [0.2, 0.25) is 0 Å². The lowest BCUT2D eigenvalue weighted by atomic mass is 9.97. The number of unbranched alkanes of at least 4 members (excludes halogenated alkanes) is 9. The Balaban J connectivity index is 1.69. The van der Waals surface area contributed by atoms with Crippen LogP contribution in [-0.2, 0) is 19.3 Å². The first-order valence-corrected chi connectivity index (χ1v) is 9.94. The van der Waals surface area contributed by atoms with Crippen LogP contribution in [0.3, 0.4) is 0 Å². The lowest BCUT2D eigenvalue weighted by Crippen LogP contribution is -1.95. The highest BCUT2D eigenvalue weighted by Crippen LogP contribution is 2.46. The van der Waals surface area contributed by atoms with Gasteiger partial charge in [-0.15, -0.1) is 0 Å². The van der Waals surface area contributed by atoms with E-state index in [0.717, 1.165) is 43.2 Å². The Bertz CT molecular complexity index is 523. The third kappa shape index (κ3) is 4.81. The molecule has 1 aliphatic carbocycles. The Morgan fingerprint density at radius 1 is 0.625 bits per heavy atom. The van der Waals surface area contributed by atoms with Gasteiger partial charge in [-0.1, -0.05) is 64.7 Å². The number of phenolic OH excluding ortho intramolecular Hbond substituents is 3. The summed E-state index contributed by atoms with van der Waals surface area (Å²) in [4.78, 5) is 0. The molecule has 3 heteroatoms. The van der Waals surface area contributed by atoms with Gasteiger partial charge in [-0.2, -0.15) is 0 Å². The molecule has 1 aliphatic rings. The summed E-state index contributed by atoms with van der Waals surface area (Å²) in [6.45, 7) is 2.25. The molecule has 0 aliphatic heterocycles. The quantitative estimate of drug-likeness (QED) is 0.274. The maximum absolute atomic E-state index is 10.4. The van der Waals surface area contributed by atoms with Crippen LogP contribution in [0.4, 0.5) is 0 Å². The summed E-state index contributed by atoms with van der Waals surface area (Å²) in [6, 6.07) is 0. The maximum atomic E-state index is 10.4. The molecule has 0 bridgehead atoms. The monoisotopic (exact) mass is 334 g/mol. The van der Waals surface area contributed by atoms with Crippen LogP contribution in [0.5, 0.6) is 17.2 Å². The van der Waals surface area contributed by atoms with E-state index in [0.29, 0.717) is 12.0 Å². The number of benzene rings is 1. The second kappa shape index (κ2) is 9.80. The van der Waals surface area contributed by atoms with Crippen molar-refractivity contribution in [1.29, 1.82) is 0 Å². The van der Waals surface area contributed by atoms with Crippen molar-refractivity contribution in [2.24, 2.45) is 0 Å². The van der Waals surface area contributed by atoms with Crippen molar-refractivity contribution in [3.63, 3.8) is 0 Å². The fourth-order valence-electron chi connectivity index (χ4n) is 3.87. The van der Waals surface area contributed by atoms with Crippen LogP contribution in [0.1, 0.15) is 94.2 Å². The molecule has 1 aromatic rings. The van der Waals surface area contributed by atoms with E-state index in [1.54, 1.807) is 0 Å². The molecule has 0 aromatic heterocycles. The summed E-state index contributed by atoms with van der Waals surface area (Å²) < 4.78 is 0. The van der Waals surface area contributed by atoms with Crippen molar-refractivity contribution in [1.82, 2.24) is 0 Å². The fourth-order valence-corrected chi connectivity index (χ4v) is 3.87. The molecule has 0 radical (unpaired) electrons. The first kappa shape index (κ1) is 19.0. The Morgan fingerprint density at radius 2 is 1.12 bits per heavy atom. The van der Waals surface area contributed by atoms with Gasteiger partial charge in [0, 0.05) is 16.7 Å². The predicted molar refractivity (Wildman–Crippen MR) is 99.0 cm³/mol. The van der Waals surface area contributed by atoms with Crippen molar-refractivity contribution < 1.29 is 15.3 Å². The van der Waals surface area contributed by atoms with Crippen molar-refractivity contribution in [2.45, 2.75) is 96.8 Å². The molecule has 3 N–H and O–H groups in total. The zero-order valence-corrected chi connectivity index (χ0v) is 15.2. The molecule has 1 aromatic carbocycles. The van der Waals surface area contributed by atoms with Gasteiger partial charge >= 0.3 is 0 Å². The van der Waals surface area contributed by atoms with Crippen LogP contribution < -0.4 is 0 Å². The van der Waals surface area contributed by atoms with Gasteiger partial charge in [0.1, 0.15) is 5.75 Å². The van der Waals surface area contributed by atoms with Crippen molar-refractivity contribution >= 4 is 0 Å². The van der Waals surface area contributed by atoms with E-state index in [9.17, 15) is 15.3 Å². The average molecular weight is 335 g/mol. The zero-order valence-electron chi connectivity index (χ0n) is 15.2. The maximum Gasteiger partial charge on any atom is 0.164 e. The van der Waals surface area contributed by atoms with E-state index in [1.165, 1.54) is 51.4 Å². The molecule has 0 amide bonds. The van der Waals surface area contributed by atoms with E-state index in [4.69, 9.17) is 0 Å². The van der Waals surface area contributed by atoms with Gasteiger partial charge in [0.05, 0.1) is 0 Å². The zero-order chi connectivity index (χ0) is 17.4. The molecule has 0 heterocycles. The average Bonchev–Trinajstić information content (AvgIpc) is 3.07. The topological polar surface area (TPSA) is 60.7 Å². The first-order chi connectivity index (χ1) is 11.7. The summed E-state index contributed by atoms with van der Waals surface area (Å²) in [7, 11) is 0. The second-order valence-electron chi connectivity index (χ2n) is 7.27. The SMILES string of the molecule is CCCCCCCCCCCCc1c(O)c(O)c2c(c1O)CCC2. The number of rotatable bonds is 11. The largest absolute Gasteiger partial charge is 0.507 e. The van der Waals surface area contributed by atoms with Crippen LogP contribution >= 0.6 is 0 Å². The van der Waals surface area contributed by atoms with E-state index >= 15 is 0 Å². The van der Waals surface area contributed by atoms with Gasteiger partial charge in [0.2, 0.25) is 0 Å². The molecule has 0 fully saturated rings. The summed E-state index contributed by atoms with van der Waals surface area (Å²) in [5.41, 5.74) is 2.15. The van der Waals surface area contributed by atoms with Crippen LogP contribution in [-0.4, -0.2) is 15.3 Å². The Hall–Kier alpha value is -1.38. The lowest BCUT2D eigenvalue weighted by molar-refractivity contribution is 0.384. The normalized spacial score (nSPS) is 13.4. The number of hydrogen-bond acceptors (Lipinski definition) is 3. The molecular weight excluding hydrogens is 300 g/mol. The number of aromatic hydroxyl groups is 3. The molecule has 3 nitrogen and oxygen atoms in total.